The Morgan fingerprint density at radius 1 is 1.73 bits per heavy atom. The molecule has 0 aliphatic carbocycles. The zero-order valence-electron chi connectivity index (χ0n) is 7.22. The lowest BCUT2D eigenvalue weighted by molar-refractivity contribution is -0.0378. The number of hydrogen-bond donors (Lipinski definition) is 0. The van der Waals surface area contributed by atoms with Crippen molar-refractivity contribution in [2.45, 2.75) is 32.8 Å². The summed E-state index contributed by atoms with van der Waals surface area (Å²) in [6.45, 7) is 6.32. The molecule has 1 atom stereocenters. The third-order valence-corrected chi connectivity index (χ3v) is 2.49. The molecule has 1 heterocycles. The quantitative estimate of drug-likeness (QED) is 0.622. The second kappa shape index (κ2) is 3.13. The fraction of sp³-hybridized carbons (Fsp3) is 0.875. The molecule has 0 aromatic heterocycles. The highest BCUT2D eigenvalue weighted by atomic mass is 79.9. The second-order valence-corrected chi connectivity index (χ2v) is 4.23. The van der Waals surface area contributed by atoms with Gasteiger partial charge >= 0.3 is 0 Å². The molecule has 0 saturated heterocycles. The summed E-state index contributed by atoms with van der Waals surface area (Å²) in [5, 5.41) is 4.88. The minimum absolute atomic E-state index is 0.0783. The van der Waals surface area contributed by atoms with Crippen LogP contribution in [0.3, 0.4) is 0 Å². The summed E-state index contributed by atoms with van der Waals surface area (Å²) in [4.78, 5) is 5.30. The zero-order valence-corrected chi connectivity index (χ0v) is 8.81. The van der Waals surface area contributed by atoms with E-state index < -0.39 is 0 Å². The third kappa shape index (κ3) is 2.19. The van der Waals surface area contributed by atoms with Crippen LogP contribution in [0.4, 0.5) is 0 Å². The molecule has 0 fully saturated rings. The lowest BCUT2D eigenvalue weighted by Gasteiger charge is -2.31. The molecule has 0 saturated carbocycles. The Balaban J connectivity index is 2.68. The monoisotopic (exact) mass is 219 g/mol. The summed E-state index contributed by atoms with van der Waals surface area (Å²) in [6, 6.07) is 0. The molecule has 0 aromatic carbocycles. The predicted octanol–water partition coefficient (Wildman–Crippen LogP) is 2.57. The van der Waals surface area contributed by atoms with Crippen LogP contribution in [0.15, 0.2) is 5.16 Å². The van der Waals surface area contributed by atoms with Gasteiger partial charge < -0.3 is 4.84 Å². The van der Waals surface area contributed by atoms with Gasteiger partial charge in [-0.05, 0) is 20.3 Å². The van der Waals surface area contributed by atoms with Gasteiger partial charge in [0.15, 0.2) is 0 Å². The Morgan fingerprint density at radius 2 is 2.36 bits per heavy atom. The van der Waals surface area contributed by atoms with Crippen LogP contribution in [-0.4, -0.2) is 16.6 Å². The molecule has 0 N–H and O–H groups in total. The SMILES string of the molecule is CC1CC(C)(C)ON=C1CBr. The molecule has 1 aliphatic heterocycles. The zero-order chi connectivity index (χ0) is 8.48. The molecule has 1 unspecified atom stereocenters. The van der Waals surface area contributed by atoms with Crippen LogP contribution in [0.1, 0.15) is 27.2 Å². The van der Waals surface area contributed by atoms with E-state index in [1.807, 2.05) is 0 Å². The van der Waals surface area contributed by atoms with Crippen LogP contribution >= 0.6 is 15.9 Å². The lowest BCUT2D eigenvalue weighted by Crippen LogP contribution is -2.33. The van der Waals surface area contributed by atoms with Crippen LogP contribution in [0.5, 0.6) is 0 Å². The number of nitrogens with zero attached hydrogens (tertiary/aromatic N) is 1. The number of halogens is 1. The topological polar surface area (TPSA) is 21.6 Å². The van der Waals surface area contributed by atoms with Gasteiger partial charge in [-0.2, -0.15) is 0 Å². The van der Waals surface area contributed by atoms with Crippen LogP contribution in [0.25, 0.3) is 0 Å². The predicted molar refractivity (Wildman–Crippen MR) is 50.2 cm³/mol. The van der Waals surface area contributed by atoms with E-state index in [2.05, 4.69) is 41.9 Å². The molecule has 3 heteroatoms. The lowest BCUT2D eigenvalue weighted by atomic mass is 9.91. The standard InChI is InChI=1S/C8H14BrNO/c1-6-4-8(2,3)11-10-7(6)5-9/h6H,4-5H2,1-3H3. The number of alkyl halides is 1. The van der Waals surface area contributed by atoms with Crippen LogP contribution in [-0.2, 0) is 4.84 Å². The van der Waals surface area contributed by atoms with E-state index in [1.54, 1.807) is 0 Å². The Bertz CT molecular complexity index is 177. The molecule has 0 radical (unpaired) electrons. The molecular formula is C8H14BrNO. The molecule has 0 bridgehead atoms. The minimum atomic E-state index is -0.0783. The van der Waals surface area contributed by atoms with Gasteiger partial charge in [0.1, 0.15) is 5.60 Å². The molecule has 0 amide bonds. The van der Waals surface area contributed by atoms with E-state index in [9.17, 15) is 0 Å². The summed E-state index contributed by atoms with van der Waals surface area (Å²) in [5.41, 5.74) is 1.04. The van der Waals surface area contributed by atoms with E-state index in [-0.39, 0.29) is 5.60 Å². The van der Waals surface area contributed by atoms with Crippen molar-refractivity contribution in [2.75, 3.05) is 5.33 Å². The van der Waals surface area contributed by atoms with Crippen LogP contribution in [0, 0.1) is 5.92 Å². The first kappa shape index (κ1) is 9.04. The van der Waals surface area contributed by atoms with Crippen molar-refractivity contribution in [1.82, 2.24) is 0 Å². The Hall–Kier alpha value is -0.0500. The van der Waals surface area contributed by atoms with Crippen molar-refractivity contribution in [2.24, 2.45) is 11.1 Å². The van der Waals surface area contributed by atoms with E-state index in [1.165, 1.54) is 0 Å². The maximum atomic E-state index is 5.30. The highest BCUT2D eigenvalue weighted by Gasteiger charge is 2.29. The van der Waals surface area contributed by atoms with Gasteiger partial charge in [-0.25, -0.2) is 0 Å². The average molecular weight is 220 g/mol. The van der Waals surface area contributed by atoms with Crippen LogP contribution < -0.4 is 0 Å². The summed E-state index contributed by atoms with van der Waals surface area (Å²) < 4.78 is 0. The minimum Gasteiger partial charge on any atom is -0.390 e. The first-order chi connectivity index (χ1) is 5.05. The highest BCUT2D eigenvalue weighted by molar-refractivity contribution is 9.09. The number of hydrogen-bond acceptors (Lipinski definition) is 2. The van der Waals surface area contributed by atoms with Gasteiger partial charge in [0, 0.05) is 11.2 Å². The van der Waals surface area contributed by atoms with Gasteiger partial charge in [0.25, 0.3) is 0 Å². The summed E-state index contributed by atoms with van der Waals surface area (Å²) in [7, 11) is 0. The van der Waals surface area contributed by atoms with Crippen LogP contribution in [0.2, 0.25) is 0 Å². The van der Waals surface area contributed by atoms with E-state index in [4.69, 9.17) is 4.84 Å². The fourth-order valence-electron chi connectivity index (χ4n) is 1.32. The molecule has 1 aliphatic rings. The summed E-state index contributed by atoms with van der Waals surface area (Å²) in [6.07, 6.45) is 1.05. The summed E-state index contributed by atoms with van der Waals surface area (Å²) in [5.74, 6) is 0.540. The first-order valence-electron chi connectivity index (χ1n) is 3.86. The van der Waals surface area contributed by atoms with Gasteiger partial charge in [0.05, 0.1) is 5.71 Å². The molecule has 2 nitrogen and oxygen atoms in total. The molecule has 64 valence electrons. The molecule has 11 heavy (non-hydrogen) atoms. The van der Waals surface area contributed by atoms with Crippen molar-refractivity contribution in [3.05, 3.63) is 0 Å². The van der Waals surface area contributed by atoms with E-state index in [0.717, 1.165) is 17.5 Å². The summed E-state index contributed by atoms with van der Waals surface area (Å²) >= 11 is 3.38. The van der Waals surface area contributed by atoms with Gasteiger partial charge in [-0.3, -0.25) is 0 Å². The molecular weight excluding hydrogens is 206 g/mol. The fourth-order valence-corrected chi connectivity index (χ4v) is 1.98. The Kier molecular flexibility index (Phi) is 2.58. The van der Waals surface area contributed by atoms with Crippen molar-refractivity contribution >= 4 is 21.6 Å². The second-order valence-electron chi connectivity index (χ2n) is 3.67. The van der Waals surface area contributed by atoms with Crippen molar-refractivity contribution < 1.29 is 4.84 Å². The third-order valence-electron chi connectivity index (χ3n) is 1.91. The smallest absolute Gasteiger partial charge is 0.132 e. The van der Waals surface area contributed by atoms with Gasteiger partial charge in [-0.1, -0.05) is 28.0 Å². The van der Waals surface area contributed by atoms with Crippen molar-refractivity contribution in [3.8, 4) is 0 Å². The normalized spacial score (nSPS) is 29.1. The Labute approximate surface area is 76.1 Å². The number of rotatable bonds is 1. The molecule has 1 rings (SSSR count). The highest BCUT2D eigenvalue weighted by Crippen LogP contribution is 2.26. The molecule has 0 aromatic rings. The Morgan fingerprint density at radius 3 is 2.82 bits per heavy atom. The van der Waals surface area contributed by atoms with E-state index in [0.29, 0.717) is 5.92 Å². The average Bonchev–Trinajstić information content (AvgIpc) is 1.86. The molecule has 0 spiro atoms. The maximum Gasteiger partial charge on any atom is 0.132 e. The van der Waals surface area contributed by atoms with Crippen molar-refractivity contribution in [3.63, 3.8) is 0 Å². The van der Waals surface area contributed by atoms with Gasteiger partial charge in [0.2, 0.25) is 0 Å². The van der Waals surface area contributed by atoms with Crippen molar-refractivity contribution in [1.29, 1.82) is 0 Å². The first-order valence-corrected chi connectivity index (χ1v) is 4.98. The van der Waals surface area contributed by atoms with Gasteiger partial charge in [-0.15, -0.1) is 0 Å². The maximum absolute atomic E-state index is 5.30. The van der Waals surface area contributed by atoms with E-state index >= 15 is 0 Å². The number of oxime groups is 1. The largest absolute Gasteiger partial charge is 0.390 e.